The van der Waals surface area contributed by atoms with Gasteiger partial charge in [0.25, 0.3) is 0 Å². The van der Waals surface area contributed by atoms with Crippen LogP contribution in [0, 0.1) is 5.92 Å². The lowest BCUT2D eigenvalue weighted by molar-refractivity contribution is 0.0990. The predicted molar refractivity (Wildman–Crippen MR) is 29.5 cm³/mol. The summed E-state index contributed by atoms with van der Waals surface area (Å²) in [4.78, 5) is 0. The molecular weight excluding hydrogens is 107 g/mol. The van der Waals surface area contributed by atoms with E-state index in [-0.39, 0.29) is 18.7 Å². The molecule has 2 atom stereocenters. The largest absolute Gasteiger partial charge is 0.378 e. The number of ether oxygens (including phenoxy) is 1. The van der Waals surface area contributed by atoms with Crippen LogP contribution in [0.15, 0.2) is 0 Å². The van der Waals surface area contributed by atoms with Crippen LogP contribution in [0.5, 0.6) is 0 Å². The van der Waals surface area contributed by atoms with Gasteiger partial charge in [-0.05, 0) is 13.3 Å². The lowest BCUT2D eigenvalue weighted by Crippen LogP contribution is -2.12. The Morgan fingerprint density at radius 1 is 1.75 bits per heavy atom. The summed E-state index contributed by atoms with van der Waals surface area (Å²) in [5.41, 5.74) is 0. The maximum atomic E-state index is 11.9. The molecule has 0 spiro atoms. The standard InChI is InChI=1S/C6H11FO/c1-5-6(4-7)2-3-8-5/h5-6H,2-4H2,1H3. The third-order valence-electron chi connectivity index (χ3n) is 1.73. The van der Waals surface area contributed by atoms with Crippen molar-refractivity contribution in [1.82, 2.24) is 0 Å². The van der Waals surface area contributed by atoms with Gasteiger partial charge in [0.15, 0.2) is 0 Å². The number of halogens is 1. The van der Waals surface area contributed by atoms with Crippen molar-refractivity contribution in [1.29, 1.82) is 0 Å². The topological polar surface area (TPSA) is 9.23 Å². The molecule has 0 aromatic carbocycles. The van der Waals surface area contributed by atoms with E-state index in [0.29, 0.717) is 0 Å². The van der Waals surface area contributed by atoms with Crippen molar-refractivity contribution in [3.05, 3.63) is 0 Å². The maximum Gasteiger partial charge on any atom is 0.0948 e. The van der Waals surface area contributed by atoms with Crippen LogP contribution in [0.4, 0.5) is 4.39 Å². The van der Waals surface area contributed by atoms with Gasteiger partial charge in [-0.2, -0.15) is 0 Å². The van der Waals surface area contributed by atoms with E-state index in [1.165, 1.54) is 0 Å². The van der Waals surface area contributed by atoms with Crippen LogP contribution < -0.4 is 0 Å². The molecule has 1 saturated heterocycles. The monoisotopic (exact) mass is 118 g/mol. The quantitative estimate of drug-likeness (QED) is 0.505. The van der Waals surface area contributed by atoms with E-state index in [4.69, 9.17) is 4.74 Å². The van der Waals surface area contributed by atoms with Crippen molar-refractivity contribution in [2.75, 3.05) is 13.3 Å². The van der Waals surface area contributed by atoms with Gasteiger partial charge >= 0.3 is 0 Å². The second kappa shape index (κ2) is 2.44. The first-order chi connectivity index (χ1) is 3.84. The Morgan fingerprint density at radius 2 is 2.50 bits per heavy atom. The average molecular weight is 118 g/mol. The molecule has 48 valence electrons. The van der Waals surface area contributed by atoms with Crippen LogP contribution in [0.3, 0.4) is 0 Å². The van der Waals surface area contributed by atoms with Crippen LogP contribution in [0.1, 0.15) is 13.3 Å². The minimum Gasteiger partial charge on any atom is -0.378 e. The van der Waals surface area contributed by atoms with Crippen molar-refractivity contribution in [2.24, 2.45) is 5.92 Å². The van der Waals surface area contributed by atoms with Crippen molar-refractivity contribution >= 4 is 0 Å². The van der Waals surface area contributed by atoms with E-state index in [0.717, 1.165) is 13.0 Å². The van der Waals surface area contributed by atoms with Gasteiger partial charge < -0.3 is 4.74 Å². The highest BCUT2D eigenvalue weighted by Crippen LogP contribution is 2.19. The van der Waals surface area contributed by atoms with Crippen molar-refractivity contribution in [3.63, 3.8) is 0 Å². The SMILES string of the molecule is CC1OCCC1CF. The third-order valence-corrected chi connectivity index (χ3v) is 1.73. The van der Waals surface area contributed by atoms with Gasteiger partial charge in [-0.25, -0.2) is 0 Å². The zero-order chi connectivity index (χ0) is 5.98. The molecule has 1 heterocycles. The molecular formula is C6H11FO. The van der Waals surface area contributed by atoms with E-state index >= 15 is 0 Å². The fourth-order valence-electron chi connectivity index (χ4n) is 0.979. The van der Waals surface area contributed by atoms with Crippen LogP contribution in [-0.2, 0) is 4.74 Å². The van der Waals surface area contributed by atoms with Gasteiger partial charge in [0.1, 0.15) is 0 Å². The first-order valence-corrected chi connectivity index (χ1v) is 3.02. The average Bonchev–Trinajstić information content (AvgIpc) is 2.14. The summed E-state index contributed by atoms with van der Waals surface area (Å²) < 4.78 is 17.0. The van der Waals surface area contributed by atoms with Gasteiger partial charge in [-0.3, -0.25) is 4.39 Å². The summed E-state index contributed by atoms with van der Waals surface area (Å²) in [5, 5.41) is 0. The van der Waals surface area contributed by atoms with Gasteiger partial charge in [-0.15, -0.1) is 0 Å². The van der Waals surface area contributed by atoms with E-state index < -0.39 is 0 Å². The molecule has 0 saturated carbocycles. The lowest BCUT2D eigenvalue weighted by atomic mass is 10.1. The van der Waals surface area contributed by atoms with Crippen LogP contribution in [-0.4, -0.2) is 19.4 Å². The Hall–Kier alpha value is -0.110. The molecule has 0 aromatic heterocycles. The fourth-order valence-corrected chi connectivity index (χ4v) is 0.979. The summed E-state index contributed by atoms with van der Waals surface area (Å²) in [5.74, 6) is 0.176. The molecule has 0 aromatic rings. The third kappa shape index (κ3) is 0.996. The molecule has 1 aliphatic heterocycles. The van der Waals surface area contributed by atoms with Gasteiger partial charge in [-0.1, -0.05) is 0 Å². The molecule has 1 rings (SSSR count). The molecule has 8 heavy (non-hydrogen) atoms. The Morgan fingerprint density at radius 3 is 2.75 bits per heavy atom. The predicted octanol–water partition coefficient (Wildman–Crippen LogP) is 1.38. The molecule has 0 bridgehead atoms. The summed E-state index contributed by atoms with van der Waals surface area (Å²) in [6.07, 6.45) is 1.05. The Labute approximate surface area is 48.8 Å². The molecule has 1 nitrogen and oxygen atoms in total. The minimum absolute atomic E-state index is 0.153. The molecule has 1 aliphatic rings. The van der Waals surface area contributed by atoms with Crippen molar-refractivity contribution in [3.8, 4) is 0 Å². The summed E-state index contributed by atoms with van der Waals surface area (Å²) in [7, 11) is 0. The second-order valence-electron chi connectivity index (χ2n) is 2.28. The first kappa shape index (κ1) is 6.02. The van der Waals surface area contributed by atoms with Gasteiger partial charge in [0.2, 0.25) is 0 Å². The van der Waals surface area contributed by atoms with Crippen LogP contribution >= 0.6 is 0 Å². The highest BCUT2D eigenvalue weighted by Gasteiger charge is 2.23. The Bertz CT molecular complexity index is 74.9. The molecule has 0 N–H and O–H groups in total. The fraction of sp³-hybridized carbons (Fsp3) is 1.00. The zero-order valence-electron chi connectivity index (χ0n) is 5.06. The number of hydrogen-bond acceptors (Lipinski definition) is 1. The van der Waals surface area contributed by atoms with E-state index in [9.17, 15) is 4.39 Å². The number of alkyl halides is 1. The smallest absolute Gasteiger partial charge is 0.0948 e. The summed E-state index contributed by atoms with van der Waals surface area (Å²) >= 11 is 0. The first-order valence-electron chi connectivity index (χ1n) is 3.02. The van der Waals surface area contributed by atoms with E-state index in [1.807, 2.05) is 6.92 Å². The highest BCUT2D eigenvalue weighted by molar-refractivity contribution is 4.70. The molecule has 2 heteroatoms. The Kier molecular flexibility index (Phi) is 1.84. The molecule has 0 aliphatic carbocycles. The summed E-state index contributed by atoms with van der Waals surface area (Å²) in [6, 6.07) is 0. The van der Waals surface area contributed by atoms with Crippen LogP contribution in [0.25, 0.3) is 0 Å². The van der Waals surface area contributed by atoms with Gasteiger partial charge in [0.05, 0.1) is 12.8 Å². The van der Waals surface area contributed by atoms with Crippen molar-refractivity contribution < 1.29 is 9.13 Å². The van der Waals surface area contributed by atoms with Crippen molar-refractivity contribution in [2.45, 2.75) is 19.4 Å². The molecule has 0 amide bonds. The minimum atomic E-state index is -0.221. The normalized spacial score (nSPS) is 38.2. The van der Waals surface area contributed by atoms with Gasteiger partial charge in [0, 0.05) is 12.5 Å². The van der Waals surface area contributed by atoms with E-state index in [2.05, 4.69) is 0 Å². The summed E-state index contributed by atoms with van der Waals surface area (Å²) in [6.45, 7) is 2.45. The number of rotatable bonds is 1. The van der Waals surface area contributed by atoms with E-state index in [1.54, 1.807) is 0 Å². The highest BCUT2D eigenvalue weighted by atomic mass is 19.1. The molecule has 2 unspecified atom stereocenters. The zero-order valence-corrected chi connectivity index (χ0v) is 5.06. The Balaban J connectivity index is 2.30. The molecule has 1 fully saturated rings. The second-order valence-corrected chi connectivity index (χ2v) is 2.28. The number of hydrogen-bond donors (Lipinski definition) is 0. The maximum absolute atomic E-state index is 11.9. The lowest BCUT2D eigenvalue weighted by Gasteiger charge is -2.06. The molecule has 0 radical (unpaired) electrons. The van der Waals surface area contributed by atoms with Crippen LogP contribution in [0.2, 0.25) is 0 Å².